The normalized spacial score (nSPS) is 11.5. The van der Waals surface area contributed by atoms with Gasteiger partial charge in [-0.25, -0.2) is 9.67 Å². The SMILES string of the molecule is CC(C)Cn1ncc2cc(Cl)c(Cl)nc21. The Balaban J connectivity index is 2.54. The molecule has 0 radical (unpaired) electrons. The van der Waals surface area contributed by atoms with Crippen molar-refractivity contribution in [1.82, 2.24) is 14.8 Å². The highest BCUT2D eigenvalue weighted by Gasteiger charge is 2.09. The first-order valence-corrected chi connectivity index (χ1v) is 5.51. The van der Waals surface area contributed by atoms with E-state index in [9.17, 15) is 0 Å². The molecule has 0 fully saturated rings. The molecule has 2 aromatic rings. The molecule has 15 heavy (non-hydrogen) atoms. The van der Waals surface area contributed by atoms with Gasteiger partial charge in [0.1, 0.15) is 5.15 Å². The molecule has 0 saturated carbocycles. The van der Waals surface area contributed by atoms with Crippen LogP contribution in [0.3, 0.4) is 0 Å². The van der Waals surface area contributed by atoms with E-state index in [4.69, 9.17) is 23.2 Å². The molecule has 0 unspecified atom stereocenters. The summed E-state index contributed by atoms with van der Waals surface area (Å²) in [6, 6.07) is 1.79. The van der Waals surface area contributed by atoms with E-state index in [0.29, 0.717) is 16.1 Å². The molecule has 2 heterocycles. The lowest BCUT2D eigenvalue weighted by molar-refractivity contribution is 0.492. The molecule has 0 spiro atoms. The molecule has 0 N–H and O–H groups in total. The fourth-order valence-corrected chi connectivity index (χ4v) is 1.73. The largest absolute Gasteiger partial charge is 0.247 e. The molecule has 0 atom stereocenters. The first-order chi connectivity index (χ1) is 7.08. The van der Waals surface area contributed by atoms with Crippen molar-refractivity contribution in [2.45, 2.75) is 20.4 Å². The van der Waals surface area contributed by atoms with Gasteiger partial charge in [0, 0.05) is 11.9 Å². The van der Waals surface area contributed by atoms with Crippen LogP contribution in [0.2, 0.25) is 10.2 Å². The number of fused-ring (bicyclic) bond motifs is 1. The zero-order valence-electron chi connectivity index (χ0n) is 8.54. The molecule has 2 aromatic heterocycles. The Hall–Kier alpha value is -0.800. The third-order valence-electron chi connectivity index (χ3n) is 2.06. The molecule has 3 nitrogen and oxygen atoms in total. The molecule has 0 saturated heterocycles. The van der Waals surface area contributed by atoms with Crippen LogP contribution < -0.4 is 0 Å². The van der Waals surface area contributed by atoms with Crippen LogP contribution >= 0.6 is 23.2 Å². The predicted octanol–water partition coefficient (Wildman–Crippen LogP) is 3.39. The summed E-state index contributed by atoms with van der Waals surface area (Å²) < 4.78 is 1.85. The second-order valence-corrected chi connectivity index (χ2v) is 4.66. The van der Waals surface area contributed by atoms with Gasteiger partial charge < -0.3 is 0 Å². The molecule has 0 aliphatic heterocycles. The molecule has 0 amide bonds. The highest BCUT2D eigenvalue weighted by molar-refractivity contribution is 6.41. The number of halogens is 2. The molecule has 2 rings (SSSR count). The average molecular weight is 244 g/mol. The van der Waals surface area contributed by atoms with E-state index < -0.39 is 0 Å². The molecular formula is C10H11Cl2N3. The van der Waals surface area contributed by atoms with Crippen LogP contribution in [-0.2, 0) is 6.54 Å². The van der Waals surface area contributed by atoms with Gasteiger partial charge in [-0.3, -0.25) is 0 Å². The third-order valence-corrected chi connectivity index (χ3v) is 2.73. The number of hydrogen-bond acceptors (Lipinski definition) is 2. The van der Waals surface area contributed by atoms with Crippen LogP contribution in [0, 0.1) is 5.92 Å². The van der Waals surface area contributed by atoms with Crippen molar-refractivity contribution in [3.63, 3.8) is 0 Å². The van der Waals surface area contributed by atoms with Crippen LogP contribution in [0.15, 0.2) is 12.3 Å². The lowest BCUT2D eigenvalue weighted by Crippen LogP contribution is -2.06. The molecule has 80 valence electrons. The minimum Gasteiger partial charge on any atom is -0.247 e. The van der Waals surface area contributed by atoms with Gasteiger partial charge in [0.15, 0.2) is 5.65 Å². The van der Waals surface area contributed by atoms with Gasteiger partial charge in [-0.2, -0.15) is 5.10 Å². The maximum Gasteiger partial charge on any atom is 0.159 e. The summed E-state index contributed by atoms with van der Waals surface area (Å²) in [5.41, 5.74) is 0.790. The van der Waals surface area contributed by atoms with Crippen molar-refractivity contribution in [1.29, 1.82) is 0 Å². The summed E-state index contributed by atoms with van der Waals surface area (Å²) in [5.74, 6) is 0.518. The summed E-state index contributed by atoms with van der Waals surface area (Å²) in [7, 11) is 0. The topological polar surface area (TPSA) is 30.7 Å². The van der Waals surface area contributed by atoms with Gasteiger partial charge in [-0.15, -0.1) is 0 Å². The van der Waals surface area contributed by atoms with Crippen LogP contribution in [0.25, 0.3) is 11.0 Å². The van der Waals surface area contributed by atoms with Crippen molar-refractivity contribution < 1.29 is 0 Å². The molecule has 5 heteroatoms. The van der Waals surface area contributed by atoms with Crippen molar-refractivity contribution in [2.24, 2.45) is 5.92 Å². The van der Waals surface area contributed by atoms with Gasteiger partial charge in [-0.05, 0) is 12.0 Å². The summed E-state index contributed by atoms with van der Waals surface area (Å²) >= 11 is 11.7. The zero-order chi connectivity index (χ0) is 11.0. The molecule has 0 aromatic carbocycles. The predicted molar refractivity (Wildman–Crippen MR) is 62.4 cm³/mol. The van der Waals surface area contributed by atoms with Gasteiger partial charge in [0.2, 0.25) is 0 Å². The minimum atomic E-state index is 0.328. The Morgan fingerprint density at radius 3 is 2.80 bits per heavy atom. The minimum absolute atomic E-state index is 0.328. The van der Waals surface area contributed by atoms with E-state index in [1.54, 1.807) is 12.3 Å². The first kappa shape index (κ1) is 10.7. The summed E-state index contributed by atoms with van der Waals surface area (Å²) in [6.07, 6.45) is 1.76. The van der Waals surface area contributed by atoms with Crippen molar-refractivity contribution >= 4 is 34.2 Å². The molecule has 0 aliphatic carbocycles. The van der Waals surface area contributed by atoms with Crippen molar-refractivity contribution in [3.05, 3.63) is 22.4 Å². The third kappa shape index (κ3) is 2.08. The second-order valence-electron chi connectivity index (χ2n) is 3.89. The first-order valence-electron chi connectivity index (χ1n) is 4.75. The Bertz CT molecular complexity index is 491. The standard InChI is InChI=1S/C10H11Cl2N3/c1-6(2)5-15-10-7(4-13-15)3-8(11)9(12)14-10/h3-4,6H,5H2,1-2H3. The molecule has 0 aliphatic rings. The number of aromatic nitrogens is 3. The summed E-state index contributed by atoms with van der Waals surface area (Å²) in [5, 5.41) is 5.97. The van der Waals surface area contributed by atoms with Gasteiger partial charge >= 0.3 is 0 Å². The Morgan fingerprint density at radius 1 is 1.40 bits per heavy atom. The quantitative estimate of drug-likeness (QED) is 0.758. The van der Waals surface area contributed by atoms with E-state index >= 15 is 0 Å². The maximum atomic E-state index is 5.87. The van der Waals surface area contributed by atoms with E-state index in [1.165, 1.54) is 0 Å². The number of rotatable bonds is 2. The highest BCUT2D eigenvalue weighted by Crippen LogP contribution is 2.24. The lowest BCUT2D eigenvalue weighted by Gasteiger charge is -2.05. The van der Waals surface area contributed by atoms with Crippen LogP contribution in [0.4, 0.5) is 0 Å². The lowest BCUT2D eigenvalue weighted by atomic mass is 10.2. The van der Waals surface area contributed by atoms with E-state index in [0.717, 1.165) is 17.6 Å². The van der Waals surface area contributed by atoms with Crippen LogP contribution in [0.1, 0.15) is 13.8 Å². The smallest absolute Gasteiger partial charge is 0.159 e. The van der Waals surface area contributed by atoms with E-state index in [2.05, 4.69) is 23.9 Å². The second kappa shape index (κ2) is 3.99. The Kier molecular flexibility index (Phi) is 2.85. The molecule has 0 bridgehead atoms. The monoisotopic (exact) mass is 243 g/mol. The van der Waals surface area contributed by atoms with Crippen molar-refractivity contribution in [3.8, 4) is 0 Å². The van der Waals surface area contributed by atoms with Crippen molar-refractivity contribution in [2.75, 3.05) is 0 Å². The number of nitrogens with zero attached hydrogens (tertiary/aromatic N) is 3. The number of pyridine rings is 1. The van der Waals surface area contributed by atoms with E-state index in [1.807, 2.05) is 4.68 Å². The fourth-order valence-electron chi connectivity index (χ4n) is 1.44. The van der Waals surface area contributed by atoms with E-state index in [-0.39, 0.29) is 0 Å². The van der Waals surface area contributed by atoms with Crippen LogP contribution in [0.5, 0.6) is 0 Å². The van der Waals surface area contributed by atoms with Gasteiger partial charge in [0.05, 0.1) is 11.2 Å². The summed E-state index contributed by atoms with van der Waals surface area (Å²) in [6.45, 7) is 5.09. The molecular weight excluding hydrogens is 233 g/mol. The highest BCUT2D eigenvalue weighted by atomic mass is 35.5. The number of hydrogen-bond donors (Lipinski definition) is 0. The Morgan fingerprint density at radius 2 is 2.13 bits per heavy atom. The van der Waals surface area contributed by atoms with Gasteiger partial charge in [-0.1, -0.05) is 37.0 Å². The van der Waals surface area contributed by atoms with Gasteiger partial charge in [0.25, 0.3) is 0 Å². The van der Waals surface area contributed by atoms with Crippen LogP contribution in [-0.4, -0.2) is 14.8 Å². The summed E-state index contributed by atoms with van der Waals surface area (Å²) in [4.78, 5) is 4.22. The zero-order valence-corrected chi connectivity index (χ0v) is 10.0. The maximum absolute atomic E-state index is 5.87. The Labute approximate surface area is 98.0 Å². The fraction of sp³-hybridized carbons (Fsp3) is 0.400. The average Bonchev–Trinajstić information content (AvgIpc) is 2.49.